The van der Waals surface area contributed by atoms with Crippen molar-refractivity contribution < 1.29 is 14.3 Å². The van der Waals surface area contributed by atoms with Gasteiger partial charge in [0.2, 0.25) is 0 Å². The van der Waals surface area contributed by atoms with Gasteiger partial charge >= 0.3 is 0 Å². The van der Waals surface area contributed by atoms with Crippen molar-refractivity contribution in [3.63, 3.8) is 0 Å². The molecule has 0 aliphatic heterocycles. The molecule has 0 saturated carbocycles. The number of ether oxygens (including phenoxy) is 2. The summed E-state index contributed by atoms with van der Waals surface area (Å²) in [6, 6.07) is 14.8. The maximum Gasteiger partial charge on any atom is 0.251 e. The molecule has 0 saturated heterocycles. The Labute approximate surface area is 137 Å². The predicted octanol–water partition coefficient (Wildman–Crippen LogP) is 3.97. The van der Waals surface area contributed by atoms with Crippen LogP contribution in [0.2, 0.25) is 0 Å². The zero-order valence-electron chi connectivity index (χ0n) is 14.0. The molecule has 0 aliphatic carbocycles. The van der Waals surface area contributed by atoms with Crippen LogP contribution in [0.5, 0.6) is 11.5 Å². The van der Waals surface area contributed by atoms with Crippen molar-refractivity contribution in [3.8, 4) is 11.5 Å². The van der Waals surface area contributed by atoms with Crippen molar-refractivity contribution in [2.24, 2.45) is 0 Å². The van der Waals surface area contributed by atoms with Gasteiger partial charge in [0.25, 0.3) is 5.91 Å². The molecule has 0 bridgehead atoms. The first-order valence-corrected chi connectivity index (χ1v) is 7.71. The Hall–Kier alpha value is -2.49. The zero-order chi connectivity index (χ0) is 16.8. The summed E-state index contributed by atoms with van der Waals surface area (Å²) in [5.41, 5.74) is 1.64. The van der Waals surface area contributed by atoms with Crippen LogP contribution in [-0.2, 0) is 0 Å². The fourth-order valence-electron chi connectivity index (χ4n) is 2.21. The topological polar surface area (TPSA) is 47.6 Å². The summed E-state index contributed by atoms with van der Waals surface area (Å²) in [6.07, 6.45) is 0.116. The third-order valence-electron chi connectivity index (χ3n) is 3.45. The van der Waals surface area contributed by atoms with Gasteiger partial charge in [0.1, 0.15) is 11.5 Å². The van der Waals surface area contributed by atoms with Crippen LogP contribution in [0.15, 0.2) is 48.5 Å². The Balaban J connectivity index is 1.99. The highest BCUT2D eigenvalue weighted by atomic mass is 16.5. The number of rotatable bonds is 6. The Kier molecular flexibility index (Phi) is 5.63. The second-order valence-corrected chi connectivity index (χ2v) is 5.66. The van der Waals surface area contributed by atoms with E-state index in [1.807, 2.05) is 57.2 Å². The van der Waals surface area contributed by atoms with Crippen molar-refractivity contribution in [2.45, 2.75) is 32.9 Å². The summed E-state index contributed by atoms with van der Waals surface area (Å²) in [4.78, 5) is 12.3. The molecule has 2 aromatic rings. The molecule has 2 rings (SSSR count). The zero-order valence-corrected chi connectivity index (χ0v) is 14.0. The number of carbonyl (C=O) groups excluding carboxylic acids is 1. The van der Waals surface area contributed by atoms with E-state index in [-0.39, 0.29) is 18.1 Å². The molecule has 0 fully saturated rings. The van der Waals surface area contributed by atoms with Crippen LogP contribution in [0.3, 0.4) is 0 Å². The van der Waals surface area contributed by atoms with Gasteiger partial charge in [0.05, 0.1) is 19.3 Å². The van der Waals surface area contributed by atoms with E-state index in [0.717, 1.165) is 17.1 Å². The largest absolute Gasteiger partial charge is 0.497 e. The Bertz CT molecular complexity index is 633. The standard InChI is InChI=1S/C19H23NO3/c1-13(2)23-18-11-7-16(8-12-18)19(21)20-14(3)15-5-9-17(22-4)10-6-15/h5-14H,1-4H3,(H,20,21). The smallest absolute Gasteiger partial charge is 0.251 e. The van der Waals surface area contributed by atoms with Gasteiger partial charge in [-0.25, -0.2) is 0 Å². The number of methoxy groups -OCH3 is 1. The van der Waals surface area contributed by atoms with Crippen LogP contribution in [0.25, 0.3) is 0 Å². The Morgan fingerprint density at radius 3 is 2.00 bits per heavy atom. The third-order valence-corrected chi connectivity index (χ3v) is 3.45. The quantitative estimate of drug-likeness (QED) is 0.877. The molecule has 0 spiro atoms. The highest BCUT2D eigenvalue weighted by Crippen LogP contribution is 2.18. The van der Waals surface area contributed by atoms with E-state index in [1.165, 1.54) is 0 Å². The molecule has 122 valence electrons. The van der Waals surface area contributed by atoms with Crippen molar-refractivity contribution in [2.75, 3.05) is 7.11 Å². The van der Waals surface area contributed by atoms with Gasteiger partial charge in [-0.2, -0.15) is 0 Å². The van der Waals surface area contributed by atoms with Gasteiger partial charge in [-0.15, -0.1) is 0 Å². The number of benzene rings is 2. The number of amides is 1. The highest BCUT2D eigenvalue weighted by molar-refractivity contribution is 5.94. The fraction of sp³-hybridized carbons (Fsp3) is 0.316. The van der Waals surface area contributed by atoms with Gasteiger partial charge in [-0.3, -0.25) is 4.79 Å². The number of hydrogen-bond acceptors (Lipinski definition) is 3. The SMILES string of the molecule is COc1ccc(C(C)NC(=O)c2ccc(OC(C)C)cc2)cc1. The molecule has 1 N–H and O–H groups in total. The first-order chi connectivity index (χ1) is 11.0. The summed E-state index contributed by atoms with van der Waals surface area (Å²) >= 11 is 0. The second-order valence-electron chi connectivity index (χ2n) is 5.66. The number of nitrogens with one attached hydrogen (secondary N) is 1. The summed E-state index contributed by atoms with van der Waals surface area (Å²) in [6.45, 7) is 5.89. The lowest BCUT2D eigenvalue weighted by Crippen LogP contribution is -2.26. The molecule has 1 unspecified atom stereocenters. The van der Waals surface area contributed by atoms with Crippen molar-refractivity contribution >= 4 is 5.91 Å². The maximum absolute atomic E-state index is 12.3. The summed E-state index contributed by atoms with van der Waals surface area (Å²) in [7, 11) is 1.63. The van der Waals surface area contributed by atoms with Crippen molar-refractivity contribution in [3.05, 3.63) is 59.7 Å². The molecule has 4 nitrogen and oxygen atoms in total. The number of hydrogen-bond donors (Lipinski definition) is 1. The lowest BCUT2D eigenvalue weighted by molar-refractivity contribution is 0.0940. The van der Waals surface area contributed by atoms with Crippen LogP contribution in [-0.4, -0.2) is 19.1 Å². The molecular weight excluding hydrogens is 290 g/mol. The maximum atomic E-state index is 12.3. The molecule has 23 heavy (non-hydrogen) atoms. The van der Waals surface area contributed by atoms with Gasteiger partial charge in [0.15, 0.2) is 0 Å². The van der Waals surface area contributed by atoms with Gasteiger partial charge in [-0.1, -0.05) is 12.1 Å². The summed E-state index contributed by atoms with van der Waals surface area (Å²) in [5, 5.41) is 2.99. The molecule has 1 atom stereocenters. The monoisotopic (exact) mass is 313 g/mol. The van der Waals surface area contributed by atoms with Crippen LogP contribution >= 0.6 is 0 Å². The van der Waals surface area contributed by atoms with Crippen LogP contribution < -0.4 is 14.8 Å². The van der Waals surface area contributed by atoms with E-state index in [0.29, 0.717) is 5.56 Å². The second kappa shape index (κ2) is 7.68. The Morgan fingerprint density at radius 2 is 1.48 bits per heavy atom. The van der Waals surface area contributed by atoms with E-state index >= 15 is 0 Å². The summed E-state index contributed by atoms with van der Waals surface area (Å²) < 4.78 is 10.7. The fourth-order valence-corrected chi connectivity index (χ4v) is 2.21. The molecule has 4 heteroatoms. The normalized spacial score (nSPS) is 11.9. The molecule has 0 aliphatic rings. The minimum Gasteiger partial charge on any atom is -0.497 e. The van der Waals surface area contributed by atoms with Gasteiger partial charge in [-0.05, 0) is 62.7 Å². The van der Waals surface area contributed by atoms with E-state index < -0.39 is 0 Å². The molecule has 0 radical (unpaired) electrons. The molecular formula is C19H23NO3. The van der Waals surface area contributed by atoms with Crippen LogP contribution in [0.1, 0.15) is 42.7 Å². The highest BCUT2D eigenvalue weighted by Gasteiger charge is 2.12. The van der Waals surface area contributed by atoms with Crippen LogP contribution in [0, 0.1) is 0 Å². The average Bonchev–Trinajstić information content (AvgIpc) is 2.55. The molecule has 2 aromatic carbocycles. The average molecular weight is 313 g/mol. The van der Waals surface area contributed by atoms with Crippen molar-refractivity contribution in [1.82, 2.24) is 5.32 Å². The molecule has 1 amide bonds. The van der Waals surface area contributed by atoms with Crippen molar-refractivity contribution in [1.29, 1.82) is 0 Å². The minimum atomic E-state index is -0.107. The van der Waals surface area contributed by atoms with E-state index in [9.17, 15) is 4.79 Å². The van der Waals surface area contributed by atoms with Gasteiger partial charge < -0.3 is 14.8 Å². The van der Waals surface area contributed by atoms with E-state index in [2.05, 4.69) is 5.32 Å². The van der Waals surface area contributed by atoms with Crippen LogP contribution in [0.4, 0.5) is 0 Å². The predicted molar refractivity (Wildman–Crippen MR) is 91.1 cm³/mol. The minimum absolute atomic E-state index is 0.0833. The molecule has 0 heterocycles. The first kappa shape index (κ1) is 16.9. The van der Waals surface area contributed by atoms with Gasteiger partial charge in [0, 0.05) is 5.56 Å². The van der Waals surface area contributed by atoms with E-state index in [4.69, 9.17) is 9.47 Å². The number of carbonyl (C=O) groups is 1. The first-order valence-electron chi connectivity index (χ1n) is 7.71. The summed E-state index contributed by atoms with van der Waals surface area (Å²) in [5.74, 6) is 1.46. The lowest BCUT2D eigenvalue weighted by Gasteiger charge is -2.15. The van der Waals surface area contributed by atoms with E-state index in [1.54, 1.807) is 19.2 Å². The Morgan fingerprint density at radius 1 is 0.913 bits per heavy atom. The lowest BCUT2D eigenvalue weighted by atomic mass is 10.1. The third kappa shape index (κ3) is 4.74. The molecule has 0 aromatic heterocycles.